The first-order valence-electron chi connectivity index (χ1n) is 6.28. The summed E-state index contributed by atoms with van der Waals surface area (Å²) in [7, 11) is 2.00. The summed E-state index contributed by atoms with van der Waals surface area (Å²) < 4.78 is 0. The first-order chi connectivity index (χ1) is 8.92. The number of nitrogens with one attached hydrogen (secondary N) is 1. The quantitative estimate of drug-likeness (QED) is 0.803. The highest BCUT2D eigenvalue weighted by Crippen LogP contribution is 2.34. The number of hydrogen-bond acceptors (Lipinski definition) is 2. The van der Waals surface area contributed by atoms with Gasteiger partial charge in [0, 0.05) is 12.3 Å². The van der Waals surface area contributed by atoms with Crippen LogP contribution in [0.2, 0.25) is 0 Å². The molecule has 0 unspecified atom stereocenters. The van der Waals surface area contributed by atoms with Crippen LogP contribution >= 0.6 is 24.2 Å². The molecule has 19 heavy (non-hydrogen) atoms. The molecule has 1 nitrogen and oxygen atoms in total. The van der Waals surface area contributed by atoms with E-state index < -0.39 is 0 Å². The van der Waals surface area contributed by atoms with E-state index >= 15 is 0 Å². The van der Waals surface area contributed by atoms with Crippen molar-refractivity contribution in [1.82, 2.24) is 5.32 Å². The van der Waals surface area contributed by atoms with Crippen molar-refractivity contribution in [3.63, 3.8) is 0 Å². The molecule has 0 radical (unpaired) electrons. The van der Waals surface area contributed by atoms with Crippen LogP contribution in [0.15, 0.2) is 60.7 Å². The van der Waals surface area contributed by atoms with Crippen LogP contribution in [0.5, 0.6) is 0 Å². The minimum absolute atomic E-state index is 0. The van der Waals surface area contributed by atoms with E-state index in [9.17, 15) is 0 Å². The lowest BCUT2D eigenvalue weighted by Gasteiger charge is -2.17. The van der Waals surface area contributed by atoms with Crippen LogP contribution in [0, 0.1) is 0 Å². The third-order valence-corrected chi connectivity index (χ3v) is 4.16. The van der Waals surface area contributed by atoms with Crippen molar-refractivity contribution in [2.24, 2.45) is 0 Å². The zero-order chi connectivity index (χ0) is 12.6. The normalized spacial score (nSPS) is 10.2. The van der Waals surface area contributed by atoms with Gasteiger partial charge in [-0.2, -0.15) is 0 Å². The van der Waals surface area contributed by atoms with Crippen molar-refractivity contribution in [1.29, 1.82) is 0 Å². The summed E-state index contributed by atoms with van der Waals surface area (Å²) in [6.07, 6.45) is 0. The third kappa shape index (κ3) is 4.90. The van der Waals surface area contributed by atoms with Gasteiger partial charge in [0.05, 0.1) is 5.25 Å². The molecule has 0 fully saturated rings. The number of hydrogen-bond donors (Lipinski definition) is 1. The van der Waals surface area contributed by atoms with Gasteiger partial charge in [-0.1, -0.05) is 60.7 Å². The smallest absolute Gasteiger partial charge is 0.0547 e. The summed E-state index contributed by atoms with van der Waals surface area (Å²) in [4.78, 5) is 0. The van der Waals surface area contributed by atoms with Gasteiger partial charge in [0.15, 0.2) is 0 Å². The van der Waals surface area contributed by atoms with Gasteiger partial charge in [0.1, 0.15) is 0 Å². The molecule has 0 saturated heterocycles. The van der Waals surface area contributed by atoms with E-state index in [4.69, 9.17) is 0 Å². The minimum atomic E-state index is 0. The first kappa shape index (κ1) is 16.1. The highest BCUT2D eigenvalue weighted by molar-refractivity contribution is 7.99. The molecule has 0 aliphatic carbocycles. The molecule has 0 bridgehead atoms. The molecular formula is C16H20ClNS. The van der Waals surface area contributed by atoms with Crippen molar-refractivity contribution in [2.45, 2.75) is 5.25 Å². The van der Waals surface area contributed by atoms with E-state index in [1.54, 1.807) is 0 Å². The lowest BCUT2D eigenvalue weighted by molar-refractivity contribution is 0.870. The Bertz CT molecular complexity index is 407. The van der Waals surface area contributed by atoms with Crippen LogP contribution in [0.4, 0.5) is 0 Å². The average molecular weight is 294 g/mol. The summed E-state index contributed by atoms with van der Waals surface area (Å²) in [6.45, 7) is 1.04. The van der Waals surface area contributed by atoms with Crippen molar-refractivity contribution in [3.05, 3.63) is 71.8 Å². The standard InChI is InChI=1S/C16H19NS.ClH/c1-17-12-13-18-16(14-8-4-2-5-9-14)15-10-6-3-7-11-15;/h2-11,16-17H,12-13H2,1H3;1H. The molecule has 0 spiro atoms. The molecule has 0 aliphatic heterocycles. The van der Waals surface area contributed by atoms with Crippen LogP contribution < -0.4 is 5.32 Å². The van der Waals surface area contributed by atoms with E-state index in [1.807, 2.05) is 18.8 Å². The van der Waals surface area contributed by atoms with Gasteiger partial charge in [0.2, 0.25) is 0 Å². The van der Waals surface area contributed by atoms with E-state index in [1.165, 1.54) is 11.1 Å². The van der Waals surface area contributed by atoms with Crippen LogP contribution in [-0.4, -0.2) is 19.3 Å². The van der Waals surface area contributed by atoms with Gasteiger partial charge in [-0.3, -0.25) is 0 Å². The molecule has 2 aromatic carbocycles. The van der Waals surface area contributed by atoms with E-state index in [0.29, 0.717) is 5.25 Å². The first-order valence-corrected chi connectivity index (χ1v) is 7.33. The molecular weight excluding hydrogens is 274 g/mol. The number of halogens is 1. The number of rotatable bonds is 6. The molecule has 1 N–H and O–H groups in total. The minimum Gasteiger partial charge on any atom is -0.319 e. The van der Waals surface area contributed by atoms with Crippen molar-refractivity contribution < 1.29 is 0 Å². The number of thioether (sulfide) groups is 1. The Morgan fingerprint density at radius 1 is 0.895 bits per heavy atom. The fourth-order valence-corrected chi connectivity index (χ4v) is 3.18. The van der Waals surface area contributed by atoms with Crippen molar-refractivity contribution in [3.8, 4) is 0 Å². The lowest BCUT2D eigenvalue weighted by atomic mass is 10.0. The monoisotopic (exact) mass is 293 g/mol. The van der Waals surface area contributed by atoms with Gasteiger partial charge in [-0.05, 0) is 18.2 Å². The van der Waals surface area contributed by atoms with Gasteiger partial charge in [0.25, 0.3) is 0 Å². The second-order valence-electron chi connectivity index (χ2n) is 4.18. The highest BCUT2D eigenvalue weighted by Gasteiger charge is 2.13. The largest absolute Gasteiger partial charge is 0.319 e. The van der Waals surface area contributed by atoms with Crippen LogP contribution in [-0.2, 0) is 0 Å². The summed E-state index contributed by atoms with van der Waals surface area (Å²) in [5.41, 5.74) is 2.76. The van der Waals surface area contributed by atoms with Gasteiger partial charge in [-0.15, -0.1) is 24.2 Å². The highest BCUT2D eigenvalue weighted by atomic mass is 35.5. The Kier molecular flexibility index (Phi) is 7.65. The maximum atomic E-state index is 3.21. The molecule has 102 valence electrons. The summed E-state index contributed by atoms with van der Waals surface area (Å²) >= 11 is 1.99. The predicted octanol–water partition coefficient (Wildman–Crippen LogP) is 4.15. The van der Waals surface area contributed by atoms with Crippen LogP contribution in [0.25, 0.3) is 0 Å². The molecule has 0 atom stereocenters. The molecule has 0 amide bonds. The second-order valence-corrected chi connectivity index (χ2v) is 5.39. The molecule has 2 aromatic rings. The van der Waals surface area contributed by atoms with E-state index in [2.05, 4.69) is 66.0 Å². The topological polar surface area (TPSA) is 12.0 Å². The molecule has 0 aliphatic rings. The Hall–Kier alpha value is -0.960. The Balaban J connectivity index is 0.00000180. The maximum Gasteiger partial charge on any atom is 0.0547 e. The fourth-order valence-electron chi connectivity index (χ4n) is 1.92. The van der Waals surface area contributed by atoms with E-state index in [0.717, 1.165) is 12.3 Å². The average Bonchev–Trinajstić information content (AvgIpc) is 2.46. The molecule has 0 saturated carbocycles. The Labute approximate surface area is 126 Å². The van der Waals surface area contributed by atoms with Gasteiger partial charge < -0.3 is 5.32 Å². The molecule has 0 heterocycles. The SMILES string of the molecule is CNCCSC(c1ccccc1)c1ccccc1.Cl. The Morgan fingerprint density at radius 3 is 1.79 bits per heavy atom. The van der Waals surface area contributed by atoms with Crippen LogP contribution in [0.3, 0.4) is 0 Å². The molecule has 2 rings (SSSR count). The van der Waals surface area contributed by atoms with E-state index in [-0.39, 0.29) is 12.4 Å². The predicted molar refractivity (Wildman–Crippen MR) is 88.4 cm³/mol. The summed E-state index contributed by atoms with van der Waals surface area (Å²) in [5, 5.41) is 3.64. The van der Waals surface area contributed by atoms with Gasteiger partial charge in [-0.25, -0.2) is 0 Å². The van der Waals surface area contributed by atoms with Gasteiger partial charge >= 0.3 is 0 Å². The lowest BCUT2D eigenvalue weighted by Crippen LogP contribution is -2.11. The summed E-state index contributed by atoms with van der Waals surface area (Å²) in [5.74, 6) is 1.12. The third-order valence-electron chi connectivity index (χ3n) is 2.84. The fraction of sp³-hybridized carbons (Fsp3) is 0.250. The number of benzene rings is 2. The summed E-state index contributed by atoms with van der Waals surface area (Å²) in [6, 6.07) is 21.5. The van der Waals surface area contributed by atoms with Crippen LogP contribution in [0.1, 0.15) is 16.4 Å². The molecule has 0 aromatic heterocycles. The zero-order valence-electron chi connectivity index (χ0n) is 11.1. The maximum absolute atomic E-state index is 3.21. The molecule has 3 heteroatoms. The Morgan fingerprint density at radius 2 is 1.37 bits per heavy atom. The second kappa shape index (κ2) is 9.03. The zero-order valence-corrected chi connectivity index (χ0v) is 12.7. The van der Waals surface area contributed by atoms with Crippen molar-refractivity contribution >= 4 is 24.2 Å². The van der Waals surface area contributed by atoms with Crippen molar-refractivity contribution in [2.75, 3.05) is 19.3 Å².